The summed E-state index contributed by atoms with van der Waals surface area (Å²) in [5, 5.41) is 2.94. The number of hydrogen-bond donors (Lipinski definition) is 1. The van der Waals surface area contributed by atoms with Crippen LogP contribution in [-0.2, 0) is 0 Å². The quantitative estimate of drug-likeness (QED) is 0.661. The molecule has 1 heterocycles. The molecule has 1 nitrogen and oxygen atoms in total. The van der Waals surface area contributed by atoms with Crippen molar-refractivity contribution in [1.82, 2.24) is 5.32 Å². The lowest BCUT2D eigenvalue weighted by Gasteiger charge is -2.27. The van der Waals surface area contributed by atoms with Gasteiger partial charge in [-0.1, -0.05) is 0 Å². The molecule has 70 valence electrons. The zero-order valence-electron chi connectivity index (χ0n) is 6.78. The fourth-order valence-corrected chi connectivity index (χ4v) is 1.36. The highest BCUT2D eigenvalue weighted by atomic mass is 19.2. The summed E-state index contributed by atoms with van der Waals surface area (Å²) in [5.41, 5.74) is 0.262. The number of benzene rings is 1. The third-order valence-electron chi connectivity index (χ3n) is 2.26. The molecule has 1 N–H and O–H groups in total. The number of hydrogen-bond acceptors (Lipinski definition) is 1. The molecule has 0 atom stereocenters. The van der Waals surface area contributed by atoms with Crippen molar-refractivity contribution < 1.29 is 13.2 Å². The van der Waals surface area contributed by atoms with Gasteiger partial charge in [0.1, 0.15) is 5.82 Å². The molecule has 4 heteroatoms. The van der Waals surface area contributed by atoms with Crippen LogP contribution in [0.3, 0.4) is 0 Å². The van der Waals surface area contributed by atoms with Crippen LogP contribution in [0.1, 0.15) is 11.5 Å². The Morgan fingerprint density at radius 1 is 1.00 bits per heavy atom. The lowest BCUT2D eigenvalue weighted by molar-refractivity contribution is 0.420. The van der Waals surface area contributed by atoms with Crippen LogP contribution in [0.4, 0.5) is 13.2 Å². The van der Waals surface area contributed by atoms with Crippen molar-refractivity contribution in [3.8, 4) is 0 Å². The molecule has 13 heavy (non-hydrogen) atoms. The summed E-state index contributed by atoms with van der Waals surface area (Å²) in [6, 6.07) is 1.54. The van der Waals surface area contributed by atoms with Crippen molar-refractivity contribution in [3.05, 3.63) is 35.1 Å². The van der Waals surface area contributed by atoms with Crippen LogP contribution in [0.5, 0.6) is 0 Å². The Morgan fingerprint density at radius 3 is 2.15 bits per heavy atom. The summed E-state index contributed by atoms with van der Waals surface area (Å²) >= 11 is 0. The topological polar surface area (TPSA) is 12.0 Å². The van der Waals surface area contributed by atoms with Crippen molar-refractivity contribution in [2.45, 2.75) is 5.92 Å². The first kappa shape index (κ1) is 8.56. The van der Waals surface area contributed by atoms with E-state index < -0.39 is 17.5 Å². The van der Waals surface area contributed by atoms with Gasteiger partial charge in [0, 0.05) is 25.1 Å². The molecule has 0 spiro atoms. The molecular weight excluding hydrogens is 179 g/mol. The molecule has 0 aromatic heterocycles. The molecular formula is C9H8F3N. The molecule has 1 aromatic carbocycles. The molecule has 0 aliphatic carbocycles. The molecule has 1 aromatic rings. The largest absolute Gasteiger partial charge is 0.315 e. The molecule has 0 amide bonds. The van der Waals surface area contributed by atoms with Gasteiger partial charge in [-0.3, -0.25) is 0 Å². The number of nitrogens with one attached hydrogen (secondary N) is 1. The standard InChI is InChI=1S/C9H8F3N/c10-7-2-9(12)8(11)1-6(7)5-3-13-4-5/h1-2,5,13H,3-4H2. The Morgan fingerprint density at radius 2 is 1.62 bits per heavy atom. The summed E-state index contributed by atoms with van der Waals surface area (Å²) in [7, 11) is 0. The first-order valence-corrected chi connectivity index (χ1v) is 4.03. The summed E-state index contributed by atoms with van der Waals surface area (Å²) in [4.78, 5) is 0. The monoisotopic (exact) mass is 187 g/mol. The van der Waals surface area contributed by atoms with Crippen LogP contribution in [-0.4, -0.2) is 13.1 Å². The summed E-state index contributed by atoms with van der Waals surface area (Å²) < 4.78 is 38.3. The highest BCUT2D eigenvalue weighted by molar-refractivity contribution is 5.26. The van der Waals surface area contributed by atoms with E-state index in [0.29, 0.717) is 19.2 Å². The van der Waals surface area contributed by atoms with Crippen molar-refractivity contribution >= 4 is 0 Å². The van der Waals surface area contributed by atoms with Crippen LogP contribution in [0.25, 0.3) is 0 Å². The Bertz CT molecular complexity index is 334. The first-order chi connectivity index (χ1) is 6.18. The van der Waals surface area contributed by atoms with E-state index in [1.54, 1.807) is 0 Å². The minimum absolute atomic E-state index is 0.0184. The van der Waals surface area contributed by atoms with Gasteiger partial charge in [-0.25, -0.2) is 13.2 Å². The third kappa shape index (κ3) is 1.42. The molecule has 1 fully saturated rings. The van der Waals surface area contributed by atoms with E-state index in [1.165, 1.54) is 0 Å². The second kappa shape index (κ2) is 3.03. The van der Waals surface area contributed by atoms with Gasteiger partial charge in [0.25, 0.3) is 0 Å². The fraction of sp³-hybridized carbons (Fsp3) is 0.333. The molecule has 1 saturated heterocycles. The Labute approximate surface area is 73.6 Å². The normalized spacial score (nSPS) is 17.2. The van der Waals surface area contributed by atoms with Gasteiger partial charge >= 0.3 is 0 Å². The second-order valence-electron chi connectivity index (χ2n) is 3.14. The van der Waals surface area contributed by atoms with Crippen LogP contribution < -0.4 is 5.32 Å². The Kier molecular flexibility index (Phi) is 2.00. The van der Waals surface area contributed by atoms with E-state index >= 15 is 0 Å². The van der Waals surface area contributed by atoms with E-state index in [1.807, 2.05) is 0 Å². The summed E-state index contributed by atoms with van der Waals surface area (Å²) in [6.45, 7) is 1.25. The van der Waals surface area contributed by atoms with Crippen LogP contribution in [0.15, 0.2) is 12.1 Å². The summed E-state index contributed by atoms with van der Waals surface area (Å²) in [5.74, 6) is -2.79. The van der Waals surface area contributed by atoms with Crippen molar-refractivity contribution in [2.75, 3.05) is 13.1 Å². The third-order valence-corrected chi connectivity index (χ3v) is 2.26. The molecule has 0 unspecified atom stereocenters. The average Bonchev–Trinajstić information content (AvgIpc) is 1.96. The molecule has 0 saturated carbocycles. The lowest BCUT2D eigenvalue weighted by atomic mass is 9.93. The smallest absolute Gasteiger partial charge is 0.161 e. The number of halogens is 3. The van der Waals surface area contributed by atoms with Crippen LogP contribution in [0.2, 0.25) is 0 Å². The maximum atomic E-state index is 13.1. The van der Waals surface area contributed by atoms with E-state index in [4.69, 9.17) is 0 Å². The van der Waals surface area contributed by atoms with Gasteiger partial charge in [0.2, 0.25) is 0 Å². The van der Waals surface area contributed by atoms with Gasteiger partial charge in [0.15, 0.2) is 11.6 Å². The van der Waals surface area contributed by atoms with E-state index in [2.05, 4.69) is 5.32 Å². The van der Waals surface area contributed by atoms with Gasteiger partial charge < -0.3 is 5.32 Å². The average molecular weight is 187 g/mol. The van der Waals surface area contributed by atoms with Crippen LogP contribution in [0, 0.1) is 17.5 Å². The molecule has 0 radical (unpaired) electrons. The maximum Gasteiger partial charge on any atom is 0.161 e. The second-order valence-corrected chi connectivity index (χ2v) is 3.14. The van der Waals surface area contributed by atoms with Gasteiger partial charge in [-0.15, -0.1) is 0 Å². The molecule has 1 aliphatic heterocycles. The molecule has 0 bridgehead atoms. The van der Waals surface area contributed by atoms with Gasteiger partial charge in [0.05, 0.1) is 0 Å². The first-order valence-electron chi connectivity index (χ1n) is 4.03. The van der Waals surface area contributed by atoms with Gasteiger partial charge in [-0.2, -0.15) is 0 Å². The minimum atomic E-state index is -1.13. The highest BCUT2D eigenvalue weighted by Crippen LogP contribution is 2.24. The van der Waals surface area contributed by atoms with Crippen molar-refractivity contribution in [2.24, 2.45) is 0 Å². The SMILES string of the molecule is Fc1cc(F)c(C2CNC2)cc1F. The van der Waals surface area contributed by atoms with Crippen molar-refractivity contribution in [1.29, 1.82) is 0 Å². The van der Waals surface area contributed by atoms with Crippen LogP contribution >= 0.6 is 0 Å². The Balaban J connectivity index is 2.39. The zero-order chi connectivity index (χ0) is 9.42. The van der Waals surface area contributed by atoms with E-state index in [9.17, 15) is 13.2 Å². The lowest BCUT2D eigenvalue weighted by Crippen LogP contribution is -2.40. The predicted octanol–water partition coefficient (Wildman–Crippen LogP) is 1.79. The minimum Gasteiger partial charge on any atom is -0.315 e. The Hall–Kier alpha value is -1.03. The van der Waals surface area contributed by atoms with Crippen molar-refractivity contribution in [3.63, 3.8) is 0 Å². The van der Waals surface area contributed by atoms with E-state index in [-0.39, 0.29) is 11.5 Å². The highest BCUT2D eigenvalue weighted by Gasteiger charge is 2.23. The summed E-state index contributed by atoms with van der Waals surface area (Å²) in [6.07, 6.45) is 0. The fourth-order valence-electron chi connectivity index (χ4n) is 1.36. The zero-order valence-corrected chi connectivity index (χ0v) is 6.78. The van der Waals surface area contributed by atoms with E-state index in [0.717, 1.165) is 6.07 Å². The van der Waals surface area contributed by atoms with Gasteiger partial charge in [-0.05, 0) is 11.6 Å². The maximum absolute atomic E-state index is 13.1. The predicted molar refractivity (Wildman–Crippen MR) is 41.9 cm³/mol. The molecule has 1 aliphatic rings. The number of rotatable bonds is 1. The molecule has 2 rings (SSSR count).